The Morgan fingerprint density at radius 3 is 2.73 bits per heavy atom. The smallest absolute Gasteiger partial charge is 0.0655 e. The van der Waals surface area contributed by atoms with Crippen LogP contribution in [0.25, 0.3) is 0 Å². The van der Waals surface area contributed by atoms with Gasteiger partial charge >= 0.3 is 0 Å². The van der Waals surface area contributed by atoms with Crippen LogP contribution in [-0.2, 0) is 0 Å². The van der Waals surface area contributed by atoms with Crippen molar-refractivity contribution in [3.8, 4) is 0 Å². The standard InChI is InChI=1S/C7H15NO2S/c1-6(5-9)7(8-10)3-4-11-2/h7-10H,1,3-5H2,2H3/t7-/m0/s1. The summed E-state index contributed by atoms with van der Waals surface area (Å²) >= 11 is 1.70. The summed E-state index contributed by atoms with van der Waals surface area (Å²) in [6.45, 7) is 3.54. The molecule has 0 unspecified atom stereocenters. The van der Waals surface area contributed by atoms with Gasteiger partial charge in [0.15, 0.2) is 0 Å². The topological polar surface area (TPSA) is 52.5 Å². The van der Waals surface area contributed by atoms with Gasteiger partial charge in [0.1, 0.15) is 0 Å². The summed E-state index contributed by atoms with van der Waals surface area (Å²) < 4.78 is 0. The molecule has 0 heterocycles. The molecule has 4 heteroatoms. The van der Waals surface area contributed by atoms with Crippen LogP contribution in [0.5, 0.6) is 0 Å². The first kappa shape index (κ1) is 11.0. The van der Waals surface area contributed by atoms with Crippen molar-refractivity contribution in [3.63, 3.8) is 0 Å². The molecule has 0 amide bonds. The third-order valence-corrected chi connectivity index (χ3v) is 2.11. The van der Waals surface area contributed by atoms with E-state index in [-0.39, 0.29) is 12.6 Å². The van der Waals surface area contributed by atoms with Crippen LogP contribution in [0.2, 0.25) is 0 Å². The lowest BCUT2D eigenvalue weighted by molar-refractivity contribution is 0.132. The van der Waals surface area contributed by atoms with E-state index in [0.29, 0.717) is 5.57 Å². The molecule has 0 rings (SSSR count). The molecule has 0 aliphatic rings. The van der Waals surface area contributed by atoms with E-state index in [1.807, 2.05) is 6.26 Å². The van der Waals surface area contributed by atoms with Gasteiger partial charge in [-0.05, 0) is 24.0 Å². The summed E-state index contributed by atoms with van der Waals surface area (Å²) in [5, 5.41) is 17.3. The van der Waals surface area contributed by atoms with Crippen molar-refractivity contribution >= 4 is 11.8 Å². The predicted molar refractivity (Wildman–Crippen MR) is 47.9 cm³/mol. The van der Waals surface area contributed by atoms with Crippen LogP contribution < -0.4 is 5.48 Å². The Hall–Kier alpha value is -0.0300. The van der Waals surface area contributed by atoms with Gasteiger partial charge < -0.3 is 10.3 Å². The average molecular weight is 177 g/mol. The Morgan fingerprint density at radius 2 is 2.36 bits per heavy atom. The van der Waals surface area contributed by atoms with Crippen molar-refractivity contribution in [1.29, 1.82) is 0 Å². The highest BCUT2D eigenvalue weighted by molar-refractivity contribution is 7.98. The van der Waals surface area contributed by atoms with Gasteiger partial charge in [0, 0.05) is 0 Å². The van der Waals surface area contributed by atoms with Gasteiger partial charge in [0.2, 0.25) is 0 Å². The minimum absolute atomic E-state index is 0.0768. The molecule has 11 heavy (non-hydrogen) atoms. The third-order valence-electron chi connectivity index (χ3n) is 1.46. The van der Waals surface area contributed by atoms with Crippen LogP contribution in [0.4, 0.5) is 0 Å². The molecule has 0 fully saturated rings. The Morgan fingerprint density at radius 1 is 1.73 bits per heavy atom. The van der Waals surface area contributed by atoms with Crippen LogP contribution in [0, 0.1) is 0 Å². The molecule has 0 aliphatic heterocycles. The highest BCUT2D eigenvalue weighted by atomic mass is 32.2. The van der Waals surface area contributed by atoms with Crippen LogP contribution >= 0.6 is 11.8 Å². The largest absolute Gasteiger partial charge is 0.392 e. The normalized spacial score (nSPS) is 13.0. The Kier molecular flexibility index (Phi) is 6.65. The Labute approximate surface area is 71.5 Å². The van der Waals surface area contributed by atoms with Crippen molar-refractivity contribution in [3.05, 3.63) is 12.2 Å². The van der Waals surface area contributed by atoms with E-state index < -0.39 is 0 Å². The first-order chi connectivity index (χ1) is 5.26. The first-order valence-corrected chi connectivity index (χ1v) is 4.82. The molecule has 0 aromatic heterocycles. The molecule has 0 spiro atoms. The van der Waals surface area contributed by atoms with Crippen LogP contribution in [-0.4, -0.2) is 35.0 Å². The van der Waals surface area contributed by atoms with E-state index in [9.17, 15) is 0 Å². The van der Waals surface area contributed by atoms with Crippen LogP contribution in [0.3, 0.4) is 0 Å². The van der Waals surface area contributed by atoms with E-state index in [1.165, 1.54) is 0 Å². The maximum atomic E-state index is 8.68. The minimum atomic E-state index is -0.174. The SMILES string of the molecule is C=C(CO)[C@H](CCSC)NO. The van der Waals surface area contributed by atoms with Crippen molar-refractivity contribution in [1.82, 2.24) is 5.48 Å². The number of aliphatic hydroxyl groups excluding tert-OH is 1. The number of nitrogens with one attached hydrogen (secondary N) is 1. The summed E-state index contributed by atoms with van der Waals surface area (Å²) in [6, 6.07) is -0.174. The minimum Gasteiger partial charge on any atom is -0.392 e. The fraction of sp³-hybridized carbons (Fsp3) is 0.714. The van der Waals surface area contributed by atoms with Gasteiger partial charge in [-0.15, -0.1) is 0 Å². The van der Waals surface area contributed by atoms with Gasteiger partial charge in [-0.25, -0.2) is 0 Å². The second kappa shape index (κ2) is 6.67. The van der Waals surface area contributed by atoms with E-state index in [4.69, 9.17) is 10.3 Å². The quantitative estimate of drug-likeness (QED) is 0.411. The second-order valence-corrected chi connectivity index (χ2v) is 3.27. The van der Waals surface area contributed by atoms with Crippen molar-refractivity contribution < 1.29 is 10.3 Å². The van der Waals surface area contributed by atoms with Gasteiger partial charge in [-0.2, -0.15) is 17.2 Å². The zero-order valence-corrected chi connectivity index (χ0v) is 7.52. The summed E-state index contributed by atoms with van der Waals surface area (Å²) in [4.78, 5) is 0. The third kappa shape index (κ3) is 4.42. The van der Waals surface area contributed by atoms with Gasteiger partial charge in [-0.3, -0.25) is 0 Å². The number of thioether (sulfide) groups is 1. The number of rotatable bonds is 6. The Balaban J connectivity index is 3.65. The molecule has 0 bridgehead atoms. The van der Waals surface area contributed by atoms with Crippen molar-refractivity contribution in [2.24, 2.45) is 0 Å². The Bertz CT molecular complexity index is 119. The van der Waals surface area contributed by atoms with Crippen LogP contribution in [0.1, 0.15) is 6.42 Å². The first-order valence-electron chi connectivity index (χ1n) is 3.43. The molecule has 66 valence electrons. The highest BCUT2D eigenvalue weighted by Gasteiger charge is 2.08. The molecule has 0 radical (unpaired) electrons. The summed E-state index contributed by atoms with van der Waals surface area (Å²) in [5.74, 6) is 0.942. The fourth-order valence-corrected chi connectivity index (χ4v) is 1.18. The molecule has 0 aliphatic carbocycles. The number of hydrogen-bond acceptors (Lipinski definition) is 4. The van der Waals surface area contributed by atoms with Crippen molar-refractivity contribution in [2.45, 2.75) is 12.5 Å². The molecular formula is C7H15NO2S. The number of aliphatic hydroxyl groups is 1. The fourth-order valence-electron chi connectivity index (χ4n) is 0.706. The molecule has 0 saturated carbocycles. The predicted octanol–water partition coefficient (Wildman–Crippen LogP) is 0.635. The van der Waals surface area contributed by atoms with E-state index in [1.54, 1.807) is 11.8 Å². The highest BCUT2D eigenvalue weighted by Crippen LogP contribution is 2.06. The lowest BCUT2D eigenvalue weighted by atomic mass is 10.1. The maximum Gasteiger partial charge on any atom is 0.0655 e. The van der Waals surface area contributed by atoms with E-state index >= 15 is 0 Å². The molecule has 3 N–H and O–H groups in total. The maximum absolute atomic E-state index is 8.68. The lowest BCUT2D eigenvalue weighted by Gasteiger charge is -2.14. The van der Waals surface area contributed by atoms with E-state index in [2.05, 4.69) is 12.1 Å². The van der Waals surface area contributed by atoms with Gasteiger partial charge in [0.25, 0.3) is 0 Å². The van der Waals surface area contributed by atoms with Gasteiger partial charge in [-0.1, -0.05) is 6.58 Å². The molecule has 3 nitrogen and oxygen atoms in total. The molecular weight excluding hydrogens is 162 g/mol. The summed E-state index contributed by atoms with van der Waals surface area (Å²) in [5.41, 5.74) is 2.74. The zero-order valence-electron chi connectivity index (χ0n) is 6.71. The van der Waals surface area contributed by atoms with Gasteiger partial charge in [0.05, 0.1) is 12.6 Å². The second-order valence-electron chi connectivity index (χ2n) is 2.28. The lowest BCUT2D eigenvalue weighted by Crippen LogP contribution is -2.29. The molecule has 0 aromatic carbocycles. The zero-order chi connectivity index (χ0) is 8.69. The average Bonchev–Trinajstić information content (AvgIpc) is 2.05. The number of hydrogen-bond donors (Lipinski definition) is 3. The number of hydroxylamine groups is 1. The molecule has 0 saturated heterocycles. The monoisotopic (exact) mass is 177 g/mol. The molecule has 1 atom stereocenters. The summed E-state index contributed by atoms with van der Waals surface area (Å²) in [7, 11) is 0. The molecule has 0 aromatic rings. The van der Waals surface area contributed by atoms with Crippen LogP contribution in [0.15, 0.2) is 12.2 Å². The van der Waals surface area contributed by atoms with Crippen molar-refractivity contribution in [2.75, 3.05) is 18.6 Å². The van der Waals surface area contributed by atoms with E-state index in [0.717, 1.165) is 12.2 Å². The summed E-state index contributed by atoms with van der Waals surface area (Å²) in [6.07, 6.45) is 2.78.